The molecule has 2 atom stereocenters. The lowest BCUT2D eigenvalue weighted by Crippen LogP contribution is -2.33. The minimum absolute atomic E-state index is 0.0416. The molecule has 104 valence electrons. The van der Waals surface area contributed by atoms with E-state index in [1.165, 1.54) is 23.3 Å². The topological polar surface area (TPSA) is 12.0 Å². The minimum Gasteiger partial charge on any atom is -0.310 e. The van der Waals surface area contributed by atoms with Gasteiger partial charge in [0.2, 0.25) is 0 Å². The van der Waals surface area contributed by atoms with Crippen molar-refractivity contribution in [3.63, 3.8) is 0 Å². The van der Waals surface area contributed by atoms with Crippen LogP contribution in [0.2, 0.25) is 0 Å². The highest BCUT2D eigenvalue weighted by molar-refractivity contribution is 5.43. The largest absolute Gasteiger partial charge is 0.310 e. The van der Waals surface area contributed by atoms with Gasteiger partial charge in [-0.15, -0.1) is 0 Å². The molecule has 0 aliphatic heterocycles. The molecule has 0 saturated heterocycles. The normalized spacial score (nSPS) is 18.2. The third kappa shape index (κ3) is 2.34. The van der Waals surface area contributed by atoms with Crippen LogP contribution in [-0.4, -0.2) is 6.54 Å². The first-order valence-corrected chi connectivity index (χ1v) is 6.96. The second-order valence-corrected chi connectivity index (χ2v) is 5.25. The predicted octanol–water partition coefficient (Wildman–Crippen LogP) is 3.96. The van der Waals surface area contributed by atoms with Gasteiger partial charge < -0.3 is 5.32 Å². The summed E-state index contributed by atoms with van der Waals surface area (Å²) in [5, 5.41) is 3.36. The third-order valence-electron chi connectivity index (χ3n) is 3.96. The van der Waals surface area contributed by atoms with Gasteiger partial charge in [-0.2, -0.15) is 0 Å². The fourth-order valence-corrected chi connectivity index (χ4v) is 3.06. The first kappa shape index (κ1) is 13.3. The Morgan fingerprint density at radius 3 is 2.50 bits per heavy atom. The van der Waals surface area contributed by atoms with E-state index in [2.05, 4.69) is 17.4 Å². The fraction of sp³-hybridized carbons (Fsp3) is 0.294. The number of benzene rings is 2. The Morgan fingerprint density at radius 2 is 1.85 bits per heavy atom. The summed E-state index contributed by atoms with van der Waals surface area (Å²) in [4.78, 5) is 0. The van der Waals surface area contributed by atoms with E-state index in [1.54, 1.807) is 0 Å². The highest BCUT2D eigenvalue weighted by Gasteiger charge is 2.33. The first-order valence-electron chi connectivity index (χ1n) is 6.96. The zero-order chi connectivity index (χ0) is 14.1. The number of hydrogen-bond donors (Lipinski definition) is 1. The van der Waals surface area contributed by atoms with Gasteiger partial charge in [-0.25, -0.2) is 8.78 Å². The SMILES string of the molecule is CCNC(c1cc(F)cc(F)c1)C1Cc2ccccc21. The maximum Gasteiger partial charge on any atom is 0.126 e. The summed E-state index contributed by atoms with van der Waals surface area (Å²) in [6, 6.07) is 12.0. The van der Waals surface area contributed by atoms with Gasteiger partial charge in [0, 0.05) is 18.0 Å². The molecule has 0 aromatic heterocycles. The van der Waals surface area contributed by atoms with E-state index in [9.17, 15) is 8.78 Å². The standard InChI is InChI=1S/C17H17F2N/c1-2-20-17(12-7-13(18)10-14(19)8-12)16-9-11-5-3-4-6-15(11)16/h3-8,10,16-17,20H,2,9H2,1H3. The number of nitrogens with one attached hydrogen (secondary N) is 1. The highest BCUT2D eigenvalue weighted by atomic mass is 19.1. The lowest BCUT2D eigenvalue weighted by atomic mass is 9.71. The number of rotatable bonds is 4. The van der Waals surface area contributed by atoms with Crippen molar-refractivity contribution >= 4 is 0 Å². The molecular formula is C17H17F2N. The molecule has 0 heterocycles. The number of likely N-dealkylation sites (N-methyl/N-ethyl adjacent to an activating group) is 1. The molecule has 1 N–H and O–H groups in total. The van der Waals surface area contributed by atoms with E-state index >= 15 is 0 Å². The monoisotopic (exact) mass is 273 g/mol. The molecule has 0 spiro atoms. The van der Waals surface area contributed by atoms with Crippen LogP contribution < -0.4 is 5.32 Å². The zero-order valence-corrected chi connectivity index (χ0v) is 11.4. The summed E-state index contributed by atoms with van der Waals surface area (Å²) in [6.45, 7) is 2.77. The summed E-state index contributed by atoms with van der Waals surface area (Å²) in [6.07, 6.45) is 0.950. The molecule has 2 aromatic carbocycles. The maximum atomic E-state index is 13.4. The summed E-state index contributed by atoms with van der Waals surface area (Å²) in [7, 11) is 0. The summed E-state index contributed by atoms with van der Waals surface area (Å²) in [5.41, 5.74) is 3.30. The first-order chi connectivity index (χ1) is 9.69. The van der Waals surface area contributed by atoms with Gasteiger partial charge in [0.15, 0.2) is 0 Å². The molecule has 3 heteroatoms. The smallest absolute Gasteiger partial charge is 0.126 e. The summed E-state index contributed by atoms with van der Waals surface area (Å²) < 4.78 is 26.9. The number of fused-ring (bicyclic) bond motifs is 1. The zero-order valence-electron chi connectivity index (χ0n) is 11.4. The van der Waals surface area contributed by atoms with Crippen molar-refractivity contribution in [2.24, 2.45) is 0 Å². The van der Waals surface area contributed by atoms with Crippen molar-refractivity contribution in [1.82, 2.24) is 5.32 Å². The molecule has 20 heavy (non-hydrogen) atoms. The Bertz CT molecular complexity index is 604. The maximum absolute atomic E-state index is 13.4. The Hall–Kier alpha value is -1.74. The van der Waals surface area contributed by atoms with E-state index < -0.39 is 11.6 Å². The molecule has 0 radical (unpaired) electrons. The quantitative estimate of drug-likeness (QED) is 0.889. The van der Waals surface area contributed by atoms with Crippen LogP contribution >= 0.6 is 0 Å². The molecule has 1 aliphatic carbocycles. The van der Waals surface area contributed by atoms with Gasteiger partial charge in [0.1, 0.15) is 11.6 Å². The van der Waals surface area contributed by atoms with Crippen LogP contribution in [0.1, 0.15) is 35.6 Å². The summed E-state index contributed by atoms with van der Waals surface area (Å²) >= 11 is 0. The molecule has 2 aromatic rings. The Morgan fingerprint density at radius 1 is 1.15 bits per heavy atom. The van der Waals surface area contributed by atoms with Gasteiger partial charge in [-0.3, -0.25) is 0 Å². The van der Waals surface area contributed by atoms with Gasteiger partial charge in [0.05, 0.1) is 0 Å². The van der Waals surface area contributed by atoms with Crippen molar-refractivity contribution in [2.75, 3.05) is 6.54 Å². The van der Waals surface area contributed by atoms with Gasteiger partial charge in [-0.05, 0) is 41.8 Å². The molecule has 0 amide bonds. The van der Waals surface area contributed by atoms with Crippen LogP contribution in [0.4, 0.5) is 8.78 Å². The van der Waals surface area contributed by atoms with Gasteiger partial charge >= 0.3 is 0 Å². The van der Waals surface area contributed by atoms with Crippen molar-refractivity contribution < 1.29 is 8.78 Å². The van der Waals surface area contributed by atoms with Crippen molar-refractivity contribution in [1.29, 1.82) is 0 Å². The van der Waals surface area contributed by atoms with Crippen LogP contribution in [0.15, 0.2) is 42.5 Å². The lowest BCUT2D eigenvalue weighted by molar-refractivity contribution is 0.416. The summed E-state index contributed by atoms with van der Waals surface area (Å²) in [5.74, 6) is -0.752. The lowest BCUT2D eigenvalue weighted by Gasteiger charge is -2.37. The third-order valence-corrected chi connectivity index (χ3v) is 3.96. The van der Waals surface area contributed by atoms with E-state index in [1.807, 2.05) is 19.1 Å². The average Bonchev–Trinajstić information content (AvgIpc) is 2.38. The molecule has 3 rings (SSSR count). The van der Waals surface area contributed by atoms with Gasteiger partial charge in [0.25, 0.3) is 0 Å². The van der Waals surface area contributed by atoms with Crippen LogP contribution in [0.5, 0.6) is 0 Å². The van der Waals surface area contributed by atoms with E-state index in [-0.39, 0.29) is 12.0 Å². The van der Waals surface area contributed by atoms with Crippen molar-refractivity contribution in [3.8, 4) is 0 Å². The molecular weight excluding hydrogens is 256 g/mol. The second-order valence-electron chi connectivity index (χ2n) is 5.25. The molecule has 0 bridgehead atoms. The number of hydrogen-bond acceptors (Lipinski definition) is 1. The predicted molar refractivity (Wildman–Crippen MR) is 75.7 cm³/mol. The molecule has 1 aliphatic rings. The minimum atomic E-state index is -0.518. The van der Waals surface area contributed by atoms with Crippen LogP contribution in [0, 0.1) is 11.6 Å². The number of halogens is 2. The van der Waals surface area contributed by atoms with E-state index in [0.717, 1.165) is 19.0 Å². The van der Waals surface area contributed by atoms with Crippen molar-refractivity contribution in [2.45, 2.75) is 25.3 Å². The fourth-order valence-electron chi connectivity index (χ4n) is 3.06. The Balaban J connectivity index is 1.94. The van der Waals surface area contributed by atoms with Gasteiger partial charge in [-0.1, -0.05) is 31.2 Å². The molecule has 0 fully saturated rings. The highest BCUT2D eigenvalue weighted by Crippen LogP contribution is 2.43. The van der Waals surface area contributed by atoms with Crippen LogP contribution in [0.25, 0.3) is 0 Å². The molecule has 2 unspecified atom stereocenters. The molecule has 1 nitrogen and oxygen atoms in total. The Labute approximate surface area is 117 Å². The van der Waals surface area contributed by atoms with Crippen LogP contribution in [0.3, 0.4) is 0 Å². The Kier molecular flexibility index (Phi) is 3.53. The average molecular weight is 273 g/mol. The van der Waals surface area contributed by atoms with E-state index in [0.29, 0.717) is 5.56 Å². The van der Waals surface area contributed by atoms with Crippen LogP contribution in [-0.2, 0) is 6.42 Å². The second kappa shape index (κ2) is 5.33. The van der Waals surface area contributed by atoms with E-state index in [4.69, 9.17) is 0 Å². The van der Waals surface area contributed by atoms with Crippen molar-refractivity contribution in [3.05, 3.63) is 70.8 Å². The molecule has 0 saturated carbocycles.